The van der Waals surface area contributed by atoms with Crippen molar-refractivity contribution in [2.75, 3.05) is 33.4 Å². The van der Waals surface area contributed by atoms with Crippen LogP contribution in [0.4, 0.5) is 4.39 Å². The highest BCUT2D eigenvalue weighted by atomic mass is 19.1. The Bertz CT molecular complexity index is 663. The van der Waals surface area contributed by atoms with Gasteiger partial charge in [-0.3, -0.25) is 0 Å². The number of phenols is 1. The van der Waals surface area contributed by atoms with Crippen molar-refractivity contribution in [2.45, 2.75) is 19.9 Å². The van der Waals surface area contributed by atoms with Crippen LogP contribution >= 0.6 is 0 Å². The Morgan fingerprint density at radius 3 is 2.57 bits per heavy atom. The summed E-state index contributed by atoms with van der Waals surface area (Å²) in [7, 11) is 2.11. The number of halogens is 1. The molecule has 3 rings (SSSR count). The van der Waals surface area contributed by atoms with Crippen LogP contribution in [0.5, 0.6) is 5.75 Å². The summed E-state index contributed by atoms with van der Waals surface area (Å²) in [6, 6.07) is 2.43. The number of rotatable bonds is 3. The van der Waals surface area contributed by atoms with Gasteiger partial charge < -0.3 is 24.1 Å². The van der Waals surface area contributed by atoms with Gasteiger partial charge in [-0.2, -0.15) is 0 Å². The maximum Gasteiger partial charge on any atom is 0.129 e. The van der Waals surface area contributed by atoms with E-state index in [0.717, 1.165) is 44.2 Å². The number of benzene rings is 1. The standard InChI is InChI=1S/C12H12FNO2.C5H11NO/c1-2-14-7-8(3-4-15)12-10(14)5-9(13)6-11(12)16;1-6-2-4-7-5-3-6/h4-7,16H,2-3H2,1H3;2-5H2,1H3. The molecule has 0 atom stereocenters. The molecule has 0 aliphatic carbocycles. The number of likely N-dealkylation sites (N-methyl/N-ethyl adjacent to an activating group) is 1. The number of carbonyl (C=O) groups is 1. The zero-order valence-electron chi connectivity index (χ0n) is 13.6. The second-order valence-corrected chi connectivity index (χ2v) is 5.55. The number of aromatic hydroxyl groups is 1. The Kier molecular flexibility index (Phi) is 6.12. The van der Waals surface area contributed by atoms with Crippen LogP contribution in [0.15, 0.2) is 18.3 Å². The zero-order chi connectivity index (χ0) is 16.8. The van der Waals surface area contributed by atoms with Crippen molar-refractivity contribution in [2.24, 2.45) is 0 Å². The number of aryl methyl sites for hydroxylation is 1. The molecule has 0 radical (unpaired) electrons. The summed E-state index contributed by atoms with van der Waals surface area (Å²) in [6.45, 7) is 6.61. The zero-order valence-corrected chi connectivity index (χ0v) is 13.6. The van der Waals surface area contributed by atoms with E-state index in [1.54, 1.807) is 6.20 Å². The van der Waals surface area contributed by atoms with E-state index in [4.69, 9.17) is 4.74 Å². The van der Waals surface area contributed by atoms with Crippen LogP contribution in [0.1, 0.15) is 12.5 Å². The number of ether oxygens (including phenoxy) is 1. The molecule has 1 fully saturated rings. The number of hydrogen-bond donors (Lipinski definition) is 1. The summed E-state index contributed by atoms with van der Waals surface area (Å²) < 4.78 is 20.1. The molecular formula is C17H23FN2O3. The van der Waals surface area contributed by atoms with E-state index >= 15 is 0 Å². The van der Waals surface area contributed by atoms with Crippen molar-refractivity contribution in [1.82, 2.24) is 9.47 Å². The van der Waals surface area contributed by atoms with Gasteiger partial charge in [0.15, 0.2) is 0 Å². The number of fused-ring (bicyclic) bond motifs is 1. The van der Waals surface area contributed by atoms with Crippen LogP contribution in [0.2, 0.25) is 0 Å². The Balaban J connectivity index is 0.000000229. The first-order chi connectivity index (χ1) is 11.1. The van der Waals surface area contributed by atoms with Crippen LogP contribution in [-0.2, 0) is 22.5 Å². The van der Waals surface area contributed by atoms with Crippen LogP contribution in [0, 0.1) is 5.82 Å². The second kappa shape index (κ2) is 8.08. The van der Waals surface area contributed by atoms with Gasteiger partial charge in [0.25, 0.3) is 0 Å². The first-order valence-electron chi connectivity index (χ1n) is 7.77. The van der Waals surface area contributed by atoms with Crippen LogP contribution in [-0.4, -0.2) is 54.2 Å². The van der Waals surface area contributed by atoms with Gasteiger partial charge in [0.05, 0.1) is 18.7 Å². The Morgan fingerprint density at radius 1 is 1.35 bits per heavy atom. The maximum atomic E-state index is 13.2. The summed E-state index contributed by atoms with van der Waals surface area (Å²) in [5, 5.41) is 10.3. The highest BCUT2D eigenvalue weighted by molar-refractivity contribution is 5.91. The molecule has 0 amide bonds. The lowest BCUT2D eigenvalue weighted by Gasteiger charge is -2.21. The topological polar surface area (TPSA) is 54.7 Å². The number of aromatic nitrogens is 1. The van der Waals surface area contributed by atoms with E-state index in [-0.39, 0.29) is 12.2 Å². The average molecular weight is 322 g/mol. The number of morpholine rings is 1. The minimum atomic E-state index is -0.476. The van der Waals surface area contributed by atoms with E-state index in [0.29, 0.717) is 17.4 Å². The fourth-order valence-corrected chi connectivity index (χ4v) is 2.62. The lowest BCUT2D eigenvalue weighted by molar-refractivity contribution is -0.107. The Morgan fingerprint density at radius 2 is 2.04 bits per heavy atom. The molecule has 0 unspecified atom stereocenters. The average Bonchev–Trinajstić information content (AvgIpc) is 2.87. The lowest BCUT2D eigenvalue weighted by atomic mass is 10.1. The van der Waals surface area contributed by atoms with Crippen LogP contribution in [0.3, 0.4) is 0 Å². The molecule has 0 saturated carbocycles. The molecule has 2 heterocycles. The van der Waals surface area contributed by atoms with Gasteiger partial charge in [-0.05, 0) is 25.6 Å². The highest BCUT2D eigenvalue weighted by Gasteiger charge is 2.12. The van der Waals surface area contributed by atoms with Gasteiger partial charge in [0, 0.05) is 43.7 Å². The predicted octanol–water partition coefficient (Wildman–Crippen LogP) is 2.20. The van der Waals surface area contributed by atoms with Crippen molar-refractivity contribution in [1.29, 1.82) is 0 Å². The van der Waals surface area contributed by atoms with E-state index < -0.39 is 5.82 Å². The fraction of sp³-hybridized carbons (Fsp3) is 0.471. The molecule has 1 saturated heterocycles. The fourth-order valence-electron chi connectivity index (χ4n) is 2.62. The molecule has 6 heteroatoms. The summed E-state index contributed by atoms with van der Waals surface area (Å²) >= 11 is 0. The highest BCUT2D eigenvalue weighted by Crippen LogP contribution is 2.31. The van der Waals surface area contributed by atoms with E-state index in [2.05, 4.69) is 11.9 Å². The normalized spacial score (nSPS) is 15.3. The molecule has 2 aromatic rings. The van der Waals surface area contributed by atoms with Gasteiger partial charge in [-0.25, -0.2) is 4.39 Å². The molecule has 126 valence electrons. The third-order valence-electron chi connectivity index (χ3n) is 3.88. The number of nitrogens with zero attached hydrogens (tertiary/aromatic N) is 2. The molecule has 0 spiro atoms. The van der Waals surface area contributed by atoms with Crippen molar-refractivity contribution in [3.05, 3.63) is 29.7 Å². The molecule has 5 nitrogen and oxygen atoms in total. The predicted molar refractivity (Wildman–Crippen MR) is 87.3 cm³/mol. The van der Waals surface area contributed by atoms with Gasteiger partial charge in [0.2, 0.25) is 0 Å². The van der Waals surface area contributed by atoms with Gasteiger partial charge in [-0.15, -0.1) is 0 Å². The Hall–Kier alpha value is -1.92. The van der Waals surface area contributed by atoms with Gasteiger partial charge >= 0.3 is 0 Å². The lowest BCUT2D eigenvalue weighted by Crippen LogP contribution is -2.32. The maximum absolute atomic E-state index is 13.2. The van der Waals surface area contributed by atoms with Crippen LogP contribution in [0.25, 0.3) is 10.9 Å². The SMILES string of the molecule is CCn1cc(CC=O)c2c(O)cc(F)cc21.CN1CCOCC1. The van der Waals surface area contributed by atoms with Crippen molar-refractivity contribution >= 4 is 17.2 Å². The Labute approximate surface area is 135 Å². The van der Waals surface area contributed by atoms with E-state index in [1.807, 2.05) is 11.5 Å². The van der Waals surface area contributed by atoms with Crippen molar-refractivity contribution in [3.63, 3.8) is 0 Å². The van der Waals surface area contributed by atoms with Crippen molar-refractivity contribution in [3.8, 4) is 5.75 Å². The minimum Gasteiger partial charge on any atom is -0.507 e. The molecule has 1 N–H and O–H groups in total. The molecule has 23 heavy (non-hydrogen) atoms. The number of phenolic OH excluding ortho intramolecular Hbond substituents is 1. The molecular weight excluding hydrogens is 299 g/mol. The molecule has 1 aromatic carbocycles. The quantitative estimate of drug-likeness (QED) is 0.880. The second-order valence-electron chi connectivity index (χ2n) is 5.55. The van der Waals surface area contributed by atoms with Crippen molar-refractivity contribution < 1.29 is 19.0 Å². The largest absolute Gasteiger partial charge is 0.507 e. The first-order valence-corrected chi connectivity index (χ1v) is 7.77. The van der Waals surface area contributed by atoms with Crippen LogP contribution < -0.4 is 0 Å². The monoisotopic (exact) mass is 322 g/mol. The summed E-state index contributed by atoms with van der Waals surface area (Å²) in [5.74, 6) is -0.588. The molecule has 1 aromatic heterocycles. The van der Waals surface area contributed by atoms with Gasteiger partial charge in [-0.1, -0.05) is 0 Å². The summed E-state index contributed by atoms with van der Waals surface area (Å²) in [4.78, 5) is 12.8. The smallest absolute Gasteiger partial charge is 0.129 e. The number of hydrogen-bond acceptors (Lipinski definition) is 4. The summed E-state index contributed by atoms with van der Waals surface area (Å²) in [6.07, 6.45) is 2.78. The number of aldehydes is 1. The number of carbonyl (C=O) groups excluding carboxylic acids is 1. The van der Waals surface area contributed by atoms with E-state index in [9.17, 15) is 14.3 Å². The minimum absolute atomic E-state index is 0.112. The third-order valence-corrected chi connectivity index (χ3v) is 3.88. The third kappa shape index (κ3) is 4.30. The molecule has 1 aliphatic rings. The summed E-state index contributed by atoms with van der Waals surface area (Å²) in [5.41, 5.74) is 1.35. The molecule has 0 bridgehead atoms. The molecule has 1 aliphatic heterocycles. The van der Waals surface area contributed by atoms with E-state index in [1.165, 1.54) is 6.07 Å². The first kappa shape index (κ1) is 17.4. The van der Waals surface area contributed by atoms with Gasteiger partial charge in [0.1, 0.15) is 17.9 Å².